The van der Waals surface area contributed by atoms with Gasteiger partial charge in [-0.2, -0.15) is 0 Å². The fraction of sp³-hybridized carbons (Fsp3) is 0.316. The summed E-state index contributed by atoms with van der Waals surface area (Å²) in [5.74, 6) is 0.199. The lowest BCUT2D eigenvalue weighted by Crippen LogP contribution is -2.48. The number of nitrogens with one attached hydrogen (secondary N) is 1. The Hall–Kier alpha value is -2.76. The first-order chi connectivity index (χ1) is 12.0. The van der Waals surface area contributed by atoms with Gasteiger partial charge in [-0.15, -0.1) is 0 Å². The molecule has 1 aliphatic heterocycles. The van der Waals surface area contributed by atoms with Crippen LogP contribution < -0.4 is 19.7 Å². The monoisotopic (exact) mass is 344 g/mol. The molecule has 2 atom stereocenters. The summed E-state index contributed by atoms with van der Waals surface area (Å²) in [5.41, 5.74) is 1.72. The highest BCUT2D eigenvalue weighted by Crippen LogP contribution is 2.32. The van der Waals surface area contributed by atoms with Crippen LogP contribution in [-0.4, -0.2) is 32.7 Å². The Morgan fingerprint density at radius 3 is 2.88 bits per heavy atom. The van der Waals surface area contributed by atoms with Crippen LogP contribution in [0.25, 0.3) is 0 Å². The molecule has 132 valence electrons. The van der Waals surface area contributed by atoms with E-state index in [1.165, 1.54) is 13.2 Å². The Morgan fingerprint density at radius 2 is 2.12 bits per heavy atom. The van der Waals surface area contributed by atoms with Crippen molar-refractivity contribution < 1.29 is 18.7 Å². The van der Waals surface area contributed by atoms with Gasteiger partial charge in [0, 0.05) is 7.05 Å². The number of ether oxygens (including phenoxy) is 2. The van der Waals surface area contributed by atoms with Crippen molar-refractivity contribution in [2.75, 3.05) is 25.6 Å². The summed E-state index contributed by atoms with van der Waals surface area (Å²) < 4.78 is 24.4. The summed E-state index contributed by atoms with van der Waals surface area (Å²) in [5, 5.41) is 2.92. The zero-order valence-electron chi connectivity index (χ0n) is 14.5. The molecule has 2 aromatic rings. The quantitative estimate of drug-likeness (QED) is 0.927. The Kier molecular flexibility index (Phi) is 4.79. The van der Waals surface area contributed by atoms with Crippen LogP contribution >= 0.6 is 0 Å². The second-order valence-corrected chi connectivity index (χ2v) is 6.08. The maximum absolute atomic E-state index is 13.5. The fourth-order valence-corrected chi connectivity index (χ4v) is 2.88. The number of hydrogen-bond acceptors (Lipinski definition) is 4. The molecule has 2 aromatic carbocycles. The second-order valence-electron chi connectivity index (χ2n) is 6.08. The zero-order chi connectivity index (χ0) is 18.0. The van der Waals surface area contributed by atoms with Crippen LogP contribution in [0.3, 0.4) is 0 Å². The number of likely N-dealkylation sites (N-methyl/N-ethyl adjacent to an activating group) is 1. The van der Waals surface area contributed by atoms with Crippen LogP contribution in [0.4, 0.5) is 10.1 Å². The fourth-order valence-electron chi connectivity index (χ4n) is 2.88. The van der Waals surface area contributed by atoms with E-state index in [1.54, 1.807) is 12.1 Å². The molecule has 0 radical (unpaired) electrons. The molecule has 3 rings (SSSR count). The minimum absolute atomic E-state index is 0.154. The van der Waals surface area contributed by atoms with E-state index in [9.17, 15) is 9.18 Å². The lowest BCUT2D eigenvalue weighted by molar-refractivity contribution is -0.128. The smallest absolute Gasteiger partial charge is 0.263 e. The van der Waals surface area contributed by atoms with E-state index in [1.807, 2.05) is 43.1 Å². The average Bonchev–Trinajstić information content (AvgIpc) is 2.62. The van der Waals surface area contributed by atoms with E-state index >= 15 is 0 Å². The highest BCUT2D eigenvalue weighted by Gasteiger charge is 2.29. The molecule has 0 bridgehead atoms. The van der Waals surface area contributed by atoms with Crippen molar-refractivity contribution in [1.82, 2.24) is 5.32 Å². The summed E-state index contributed by atoms with van der Waals surface area (Å²) in [6, 6.07) is 11.9. The van der Waals surface area contributed by atoms with Crippen molar-refractivity contribution in [1.29, 1.82) is 0 Å². The summed E-state index contributed by atoms with van der Waals surface area (Å²) in [7, 11) is 3.34. The molecule has 0 saturated heterocycles. The number of methoxy groups -OCH3 is 1. The molecule has 1 N–H and O–H groups in total. The van der Waals surface area contributed by atoms with E-state index in [2.05, 4.69) is 5.32 Å². The molecule has 0 aromatic heterocycles. The Morgan fingerprint density at radius 1 is 1.36 bits per heavy atom. The molecule has 0 fully saturated rings. The van der Waals surface area contributed by atoms with Crippen LogP contribution in [0.15, 0.2) is 42.5 Å². The van der Waals surface area contributed by atoms with Crippen LogP contribution in [-0.2, 0) is 4.79 Å². The van der Waals surface area contributed by atoms with Crippen molar-refractivity contribution in [3.8, 4) is 11.5 Å². The number of halogens is 1. The normalized spacial score (nSPS) is 17.3. The summed E-state index contributed by atoms with van der Waals surface area (Å²) in [4.78, 5) is 14.6. The number of carbonyl (C=O) groups excluding carboxylic acids is 1. The van der Waals surface area contributed by atoms with Crippen LogP contribution in [0.5, 0.6) is 11.5 Å². The highest BCUT2D eigenvalue weighted by molar-refractivity contribution is 5.83. The topological polar surface area (TPSA) is 50.8 Å². The third-order valence-electron chi connectivity index (χ3n) is 4.31. The van der Waals surface area contributed by atoms with Crippen LogP contribution in [0, 0.1) is 5.82 Å². The molecule has 0 saturated carbocycles. The first-order valence-corrected chi connectivity index (χ1v) is 8.10. The van der Waals surface area contributed by atoms with Crippen LogP contribution in [0.1, 0.15) is 18.5 Å². The van der Waals surface area contributed by atoms with Crippen molar-refractivity contribution in [3.63, 3.8) is 0 Å². The van der Waals surface area contributed by atoms with E-state index in [4.69, 9.17) is 9.47 Å². The summed E-state index contributed by atoms with van der Waals surface area (Å²) in [6.45, 7) is 2.30. The lowest BCUT2D eigenvalue weighted by atomic mass is 10.1. The zero-order valence-corrected chi connectivity index (χ0v) is 14.5. The van der Waals surface area contributed by atoms with Crippen molar-refractivity contribution in [3.05, 3.63) is 53.8 Å². The van der Waals surface area contributed by atoms with Gasteiger partial charge in [-0.25, -0.2) is 4.39 Å². The average molecular weight is 344 g/mol. The molecular formula is C19H21FN2O3. The number of benzene rings is 2. The Labute approximate surface area is 146 Å². The van der Waals surface area contributed by atoms with Gasteiger partial charge in [0.1, 0.15) is 5.75 Å². The van der Waals surface area contributed by atoms with Crippen molar-refractivity contribution in [2.45, 2.75) is 19.1 Å². The predicted octanol–water partition coefficient (Wildman–Crippen LogP) is 2.91. The minimum Gasteiger partial charge on any atom is -0.494 e. The highest BCUT2D eigenvalue weighted by atomic mass is 19.1. The number of anilines is 1. The first kappa shape index (κ1) is 17.1. The SMILES string of the molecule is COc1cc(C(C)NC(=O)C2CN(C)c3ccccc3O2)ccc1F. The Bertz CT molecular complexity index is 781. The Balaban J connectivity index is 1.70. The molecule has 1 aliphatic rings. The lowest BCUT2D eigenvalue weighted by Gasteiger charge is -2.33. The summed E-state index contributed by atoms with van der Waals surface area (Å²) in [6.07, 6.45) is -0.607. The van der Waals surface area contributed by atoms with E-state index in [-0.39, 0.29) is 17.7 Å². The van der Waals surface area contributed by atoms with E-state index in [0.717, 1.165) is 11.3 Å². The molecular weight excluding hydrogens is 323 g/mol. The van der Waals surface area contributed by atoms with Gasteiger partial charge < -0.3 is 19.7 Å². The number of para-hydroxylation sites is 2. The maximum Gasteiger partial charge on any atom is 0.263 e. The molecule has 5 nitrogen and oxygen atoms in total. The van der Waals surface area contributed by atoms with E-state index in [0.29, 0.717) is 12.3 Å². The van der Waals surface area contributed by atoms with Gasteiger partial charge in [0.15, 0.2) is 17.7 Å². The number of fused-ring (bicyclic) bond motifs is 1. The molecule has 6 heteroatoms. The number of nitrogens with zero attached hydrogens (tertiary/aromatic N) is 1. The third-order valence-corrected chi connectivity index (χ3v) is 4.31. The summed E-state index contributed by atoms with van der Waals surface area (Å²) >= 11 is 0. The molecule has 1 heterocycles. The van der Waals surface area contributed by atoms with E-state index < -0.39 is 11.9 Å². The van der Waals surface area contributed by atoms with Gasteiger partial charge in [-0.1, -0.05) is 18.2 Å². The second kappa shape index (κ2) is 7.01. The predicted molar refractivity (Wildman–Crippen MR) is 93.6 cm³/mol. The van der Waals surface area contributed by atoms with Gasteiger partial charge in [0.25, 0.3) is 5.91 Å². The largest absolute Gasteiger partial charge is 0.494 e. The van der Waals surface area contributed by atoms with Gasteiger partial charge >= 0.3 is 0 Å². The van der Waals surface area contributed by atoms with Gasteiger partial charge in [-0.05, 0) is 36.8 Å². The molecule has 0 aliphatic carbocycles. The third kappa shape index (κ3) is 3.52. The van der Waals surface area contributed by atoms with Gasteiger partial charge in [-0.3, -0.25) is 4.79 Å². The van der Waals surface area contributed by atoms with Gasteiger partial charge in [0.05, 0.1) is 25.4 Å². The van der Waals surface area contributed by atoms with Gasteiger partial charge in [0.2, 0.25) is 0 Å². The number of amides is 1. The molecule has 0 spiro atoms. The van der Waals surface area contributed by atoms with Crippen molar-refractivity contribution >= 4 is 11.6 Å². The number of carbonyl (C=O) groups is 1. The molecule has 1 amide bonds. The molecule has 2 unspecified atom stereocenters. The number of rotatable bonds is 4. The standard InChI is InChI=1S/C19H21FN2O3/c1-12(13-8-9-14(20)17(10-13)24-3)21-19(23)18-11-22(2)15-6-4-5-7-16(15)25-18/h4-10,12,18H,11H2,1-3H3,(H,21,23). The molecule has 25 heavy (non-hydrogen) atoms. The van der Waals surface area contributed by atoms with Crippen molar-refractivity contribution in [2.24, 2.45) is 0 Å². The first-order valence-electron chi connectivity index (χ1n) is 8.10. The van der Waals surface area contributed by atoms with Crippen LogP contribution in [0.2, 0.25) is 0 Å². The maximum atomic E-state index is 13.5. The number of hydrogen-bond donors (Lipinski definition) is 1. The minimum atomic E-state index is -0.607.